The van der Waals surface area contributed by atoms with Gasteiger partial charge in [-0.25, -0.2) is 0 Å². The zero-order valence-electron chi connectivity index (χ0n) is 8.71. The van der Waals surface area contributed by atoms with Gasteiger partial charge in [0.15, 0.2) is 0 Å². The summed E-state index contributed by atoms with van der Waals surface area (Å²) in [7, 11) is 0. The Hall–Kier alpha value is -1.37. The van der Waals surface area contributed by atoms with Crippen LogP contribution in [0.2, 0.25) is 0 Å². The van der Waals surface area contributed by atoms with E-state index in [9.17, 15) is 13.2 Å². The van der Waals surface area contributed by atoms with Crippen LogP contribution in [0, 0.1) is 0 Å². The first kappa shape index (κ1) is 12.1. The van der Waals surface area contributed by atoms with Gasteiger partial charge in [0.05, 0.1) is 11.9 Å². The Labute approximate surface area is 101 Å². The molecular weight excluding hydrogens is 251 g/mol. The van der Waals surface area contributed by atoms with E-state index in [4.69, 9.17) is 18.0 Å². The molecule has 1 aliphatic carbocycles. The number of anilines is 1. The molecule has 0 aliphatic heterocycles. The normalized spacial score (nSPS) is 17.6. The molecule has 1 saturated carbocycles. The molecule has 0 unspecified atom stereocenters. The zero-order chi connectivity index (χ0) is 12.7. The summed E-state index contributed by atoms with van der Waals surface area (Å²) in [5, 5.41) is 2.46. The van der Waals surface area contributed by atoms with E-state index >= 15 is 0 Å². The van der Waals surface area contributed by atoms with Crippen LogP contribution in [-0.2, 0) is 0 Å². The molecule has 92 valence electrons. The number of alkyl halides is 3. The lowest BCUT2D eigenvalue weighted by molar-refractivity contribution is -0.151. The highest BCUT2D eigenvalue weighted by molar-refractivity contribution is 7.80. The van der Waals surface area contributed by atoms with Crippen molar-refractivity contribution < 1.29 is 13.2 Å². The van der Waals surface area contributed by atoms with E-state index in [1.165, 1.54) is 18.5 Å². The van der Waals surface area contributed by atoms with Crippen LogP contribution >= 0.6 is 12.2 Å². The van der Waals surface area contributed by atoms with Crippen LogP contribution in [0.25, 0.3) is 0 Å². The summed E-state index contributed by atoms with van der Waals surface area (Å²) in [6, 6.07) is 1.50. The van der Waals surface area contributed by atoms with Gasteiger partial charge < -0.3 is 11.1 Å². The average molecular weight is 261 g/mol. The van der Waals surface area contributed by atoms with Gasteiger partial charge in [0.1, 0.15) is 10.5 Å². The van der Waals surface area contributed by atoms with Crippen molar-refractivity contribution in [3.05, 3.63) is 24.0 Å². The summed E-state index contributed by atoms with van der Waals surface area (Å²) >= 11 is 4.78. The minimum Gasteiger partial charge on any atom is -0.389 e. The van der Waals surface area contributed by atoms with Crippen molar-refractivity contribution in [3.8, 4) is 0 Å². The lowest BCUT2D eigenvalue weighted by atomic mass is 10.2. The lowest BCUT2D eigenvalue weighted by Crippen LogP contribution is -2.39. The Morgan fingerprint density at radius 1 is 1.47 bits per heavy atom. The van der Waals surface area contributed by atoms with Crippen molar-refractivity contribution in [1.29, 1.82) is 0 Å². The highest BCUT2D eigenvalue weighted by Crippen LogP contribution is 2.51. The molecule has 0 bridgehead atoms. The molecule has 2 rings (SSSR count). The summed E-state index contributed by atoms with van der Waals surface area (Å²) in [6.07, 6.45) is -1.42. The smallest absolute Gasteiger partial charge is 0.389 e. The Balaban J connectivity index is 2.29. The third-order valence-electron chi connectivity index (χ3n) is 2.75. The molecule has 7 heteroatoms. The average Bonchev–Trinajstić information content (AvgIpc) is 2.98. The SMILES string of the molecule is NC(=S)c1ccncc1NC1(C(F)(F)F)CC1. The number of nitrogens with two attached hydrogens (primary N) is 1. The Kier molecular flexibility index (Phi) is 2.73. The number of nitrogens with zero attached hydrogens (tertiary/aromatic N) is 1. The van der Waals surface area contributed by atoms with E-state index in [0.29, 0.717) is 5.56 Å². The number of hydrogen-bond donors (Lipinski definition) is 2. The molecule has 0 saturated heterocycles. The van der Waals surface area contributed by atoms with E-state index in [0.717, 1.165) is 0 Å². The predicted molar refractivity (Wildman–Crippen MR) is 61.8 cm³/mol. The molecule has 1 aliphatic rings. The van der Waals surface area contributed by atoms with Gasteiger partial charge in [-0.15, -0.1) is 0 Å². The quantitative estimate of drug-likeness (QED) is 0.819. The van der Waals surface area contributed by atoms with Gasteiger partial charge >= 0.3 is 6.18 Å². The van der Waals surface area contributed by atoms with Gasteiger partial charge in [-0.2, -0.15) is 13.2 Å². The molecule has 17 heavy (non-hydrogen) atoms. The van der Waals surface area contributed by atoms with Crippen LogP contribution in [-0.4, -0.2) is 21.7 Å². The fraction of sp³-hybridized carbons (Fsp3) is 0.400. The molecule has 0 radical (unpaired) electrons. The molecule has 1 heterocycles. The maximum atomic E-state index is 12.8. The minimum atomic E-state index is -4.28. The van der Waals surface area contributed by atoms with Crippen LogP contribution < -0.4 is 11.1 Å². The van der Waals surface area contributed by atoms with Gasteiger partial charge in [-0.3, -0.25) is 4.98 Å². The lowest BCUT2D eigenvalue weighted by Gasteiger charge is -2.23. The van der Waals surface area contributed by atoms with E-state index in [-0.39, 0.29) is 23.5 Å². The first-order valence-corrected chi connectivity index (χ1v) is 5.35. The molecule has 0 atom stereocenters. The van der Waals surface area contributed by atoms with Gasteiger partial charge in [0.2, 0.25) is 0 Å². The second-order valence-corrected chi connectivity index (χ2v) is 4.43. The first-order chi connectivity index (χ1) is 7.86. The maximum Gasteiger partial charge on any atom is 0.411 e. The summed E-state index contributed by atoms with van der Waals surface area (Å²) < 4.78 is 38.3. The Bertz CT molecular complexity index is 454. The van der Waals surface area contributed by atoms with Crippen molar-refractivity contribution in [2.75, 3.05) is 5.32 Å². The molecule has 0 aromatic carbocycles. The number of halogens is 3. The van der Waals surface area contributed by atoms with Crippen LogP contribution in [0.1, 0.15) is 18.4 Å². The highest BCUT2D eigenvalue weighted by Gasteiger charge is 2.63. The van der Waals surface area contributed by atoms with E-state index in [1.807, 2.05) is 0 Å². The molecule has 3 nitrogen and oxygen atoms in total. The first-order valence-electron chi connectivity index (χ1n) is 4.94. The number of rotatable bonds is 3. The van der Waals surface area contributed by atoms with Crippen molar-refractivity contribution >= 4 is 22.9 Å². The number of aromatic nitrogens is 1. The number of nitrogens with one attached hydrogen (secondary N) is 1. The number of pyridine rings is 1. The zero-order valence-corrected chi connectivity index (χ0v) is 9.53. The topological polar surface area (TPSA) is 50.9 Å². The predicted octanol–water partition coefficient (Wildman–Crippen LogP) is 2.22. The maximum absolute atomic E-state index is 12.8. The van der Waals surface area contributed by atoms with E-state index < -0.39 is 11.7 Å². The molecule has 1 fully saturated rings. The van der Waals surface area contributed by atoms with Crippen LogP contribution in [0.15, 0.2) is 18.5 Å². The monoisotopic (exact) mass is 261 g/mol. The second-order valence-electron chi connectivity index (χ2n) is 3.99. The van der Waals surface area contributed by atoms with E-state index in [2.05, 4.69) is 10.3 Å². The fourth-order valence-electron chi connectivity index (χ4n) is 1.57. The Morgan fingerprint density at radius 2 is 2.12 bits per heavy atom. The van der Waals surface area contributed by atoms with Crippen molar-refractivity contribution in [1.82, 2.24) is 4.98 Å². The largest absolute Gasteiger partial charge is 0.411 e. The van der Waals surface area contributed by atoms with Crippen LogP contribution in [0.5, 0.6) is 0 Å². The molecule has 1 aromatic rings. The van der Waals surface area contributed by atoms with Gasteiger partial charge in [-0.1, -0.05) is 12.2 Å². The summed E-state index contributed by atoms with van der Waals surface area (Å²) in [5.74, 6) is 0. The minimum absolute atomic E-state index is 0.0490. The van der Waals surface area contributed by atoms with Crippen molar-refractivity contribution in [3.63, 3.8) is 0 Å². The third kappa shape index (κ3) is 2.19. The number of hydrogen-bond acceptors (Lipinski definition) is 3. The Morgan fingerprint density at radius 3 is 2.59 bits per heavy atom. The molecule has 0 spiro atoms. The molecular formula is C10H10F3N3S. The van der Waals surface area contributed by atoms with E-state index in [1.54, 1.807) is 0 Å². The standard InChI is InChI=1S/C10H10F3N3S/c11-10(12,13)9(2-3-9)16-7-5-15-4-1-6(7)8(14)17/h1,4-5,16H,2-3H2,(H2,14,17). The van der Waals surface area contributed by atoms with Crippen LogP contribution in [0.4, 0.5) is 18.9 Å². The molecule has 1 aromatic heterocycles. The summed E-state index contributed by atoms with van der Waals surface area (Å²) in [6.45, 7) is 0. The second kappa shape index (κ2) is 3.83. The summed E-state index contributed by atoms with van der Waals surface area (Å²) in [4.78, 5) is 3.83. The van der Waals surface area contributed by atoms with Crippen molar-refractivity contribution in [2.45, 2.75) is 24.6 Å². The van der Waals surface area contributed by atoms with Gasteiger partial charge in [0.25, 0.3) is 0 Å². The number of thiocarbonyl (C=S) groups is 1. The third-order valence-corrected chi connectivity index (χ3v) is 2.97. The fourth-order valence-corrected chi connectivity index (χ4v) is 1.75. The van der Waals surface area contributed by atoms with Gasteiger partial charge in [-0.05, 0) is 18.9 Å². The van der Waals surface area contributed by atoms with Crippen LogP contribution in [0.3, 0.4) is 0 Å². The van der Waals surface area contributed by atoms with Gasteiger partial charge in [0, 0.05) is 11.8 Å². The molecule has 0 amide bonds. The summed E-state index contributed by atoms with van der Waals surface area (Å²) in [5.41, 5.74) is 4.22. The van der Waals surface area contributed by atoms with Crippen molar-refractivity contribution in [2.24, 2.45) is 5.73 Å². The molecule has 3 N–H and O–H groups in total. The highest BCUT2D eigenvalue weighted by atomic mass is 32.1.